The molecule has 1 aromatic carbocycles. The zero-order chi connectivity index (χ0) is 15.2. The van der Waals surface area contributed by atoms with Crippen LogP contribution in [0.15, 0.2) is 54.1 Å². The fourth-order valence-corrected chi connectivity index (χ4v) is 2.56. The number of nitrogens with one attached hydrogen (secondary N) is 1. The van der Waals surface area contributed by atoms with E-state index in [1.54, 1.807) is 0 Å². The summed E-state index contributed by atoms with van der Waals surface area (Å²) in [4.78, 5) is 12.0. The lowest BCUT2D eigenvalue weighted by atomic mass is 10.0. The van der Waals surface area contributed by atoms with Crippen LogP contribution in [0.5, 0.6) is 0 Å². The lowest BCUT2D eigenvalue weighted by Crippen LogP contribution is -2.41. The molecule has 1 heterocycles. The van der Waals surface area contributed by atoms with Crippen molar-refractivity contribution in [3.63, 3.8) is 0 Å². The fraction of sp³-hybridized carbons (Fsp3) is 0.389. The highest BCUT2D eigenvalue weighted by atomic mass is 16.6. The smallest absolute Gasteiger partial charge is 0.407 e. The number of hydrogen-bond donors (Lipinski definition) is 1. The Morgan fingerprint density at radius 3 is 2.86 bits per heavy atom. The third-order valence-corrected chi connectivity index (χ3v) is 3.90. The van der Waals surface area contributed by atoms with E-state index in [1.165, 1.54) is 5.56 Å². The van der Waals surface area contributed by atoms with Gasteiger partial charge < -0.3 is 14.8 Å². The molecule has 0 saturated carbocycles. The van der Waals surface area contributed by atoms with Crippen LogP contribution in [0.4, 0.5) is 4.79 Å². The van der Waals surface area contributed by atoms with Gasteiger partial charge in [0, 0.05) is 0 Å². The van der Waals surface area contributed by atoms with Gasteiger partial charge in [-0.25, -0.2) is 4.79 Å². The molecule has 4 heteroatoms. The second kappa shape index (κ2) is 7.27. The molecule has 3 rings (SSSR count). The van der Waals surface area contributed by atoms with Gasteiger partial charge in [-0.3, -0.25) is 0 Å². The van der Waals surface area contributed by atoms with Crippen LogP contribution in [0.1, 0.15) is 18.4 Å². The van der Waals surface area contributed by atoms with E-state index in [9.17, 15) is 4.79 Å². The molecule has 1 aliphatic heterocycles. The summed E-state index contributed by atoms with van der Waals surface area (Å²) >= 11 is 0. The van der Waals surface area contributed by atoms with Gasteiger partial charge in [0.05, 0.1) is 12.6 Å². The Labute approximate surface area is 130 Å². The molecule has 1 aliphatic carbocycles. The molecule has 1 fully saturated rings. The van der Waals surface area contributed by atoms with Crippen LogP contribution >= 0.6 is 0 Å². The summed E-state index contributed by atoms with van der Waals surface area (Å²) in [5, 5.41) is 2.94. The zero-order valence-electron chi connectivity index (χ0n) is 12.5. The SMILES string of the molecule is O=C(NC(Cc1ccccc1)C1CO1)OCC1=CC=CCC1. The van der Waals surface area contributed by atoms with Gasteiger partial charge in [-0.15, -0.1) is 0 Å². The first kappa shape index (κ1) is 14.9. The van der Waals surface area contributed by atoms with Crippen molar-refractivity contribution in [1.82, 2.24) is 5.32 Å². The Balaban J connectivity index is 1.49. The first-order valence-corrected chi connectivity index (χ1v) is 7.74. The molecule has 2 atom stereocenters. The maximum Gasteiger partial charge on any atom is 0.407 e. The van der Waals surface area contributed by atoms with Crippen molar-refractivity contribution in [1.29, 1.82) is 0 Å². The van der Waals surface area contributed by atoms with Gasteiger partial charge in [0.25, 0.3) is 0 Å². The van der Waals surface area contributed by atoms with Gasteiger partial charge in [-0.2, -0.15) is 0 Å². The molecule has 4 nitrogen and oxygen atoms in total. The minimum absolute atomic E-state index is 0.0323. The standard InChI is InChI=1S/C18H21NO3/c20-18(22-12-15-9-5-2-6-10-15)19-16(17-13-21-17)11-14-7-3-1-4-8-14/h1-5,7-9,16-17H,6,10-13H2,(H,19,20). The van der Waals surface area contributed by atoms with Gasteiger partial charge in [0.15, 0.2) is 0 Å². The Bertz CT molecular complexity index is 561. The first-order chi connectivity index (χ1) is 10.8. The number of benzene rings is 1. The van der Waals surface area contributed by atoms with E-state index in [-0.39, 0.29) is 18.2 Å². The second-order valence-corrected chi connectivity index (χ2v) is 5.68. The molecule has 0 bridgehead atoms. The summed E-state index contributed by atoms with van der Waals surface area (Å²) in [6.07, 6.45) is 8.61. The summed E-state index contributed by atoms with van der Waals surface area (Å²) in [6, 6.07) is 10.1. The number of carbonyl (C=O) groups is 1. The number of carbonyl (C=O) groups excluding carboxylic acids is 1. The maximum absolute atomic E-state index is 12.0. The third kappa shape index (κ3) is 4.46. The highest BCUT2D eigenvalue weighted by Crippen LogP contribution is 2.18. The minimum Gasteiger partial charge on any atom is -0.445 e. The van der Waals surface area contributed by atoms with Crippen molar-refractivity contribution in [2.45, 2.75) is 31.4 Å². The summed E-state index contributed by atoms with van der Waals surface area (Å²) in [5.74, 6) is 0. The van der Waals surface area contributed by atoms with Crippen molar-refractivity contribution in [3.8, 4) is 0 Å². The van der Waals surface area contributed by atoms with Gasteiger partial charge >= 0.3 is 6.09 Å². The Morgan fingerprint density at radius 1 is 1.36 bits per heavy atom. The summed E-state index contributed by atoms with van der Waals surface area (Å²) in [6.45, 7) is 1.06. The highest BCUT2D eigenvalue weighted by Gasteiger charge is 2.34. The highest BCUT2D eigenvalue weighted by molar-refractivity contribution is 5.68. The normalized spacial score (nSPS) is 20.9. The van der Waals surface area contributed by atoms with Crippen LogP contribution < -0.4 is 5.32 Å². The molecule has 0 radical (unpaired) electrons. The first-order valence-electron chi connectivity index (χ1n) is 7.74. The third-order valence-electron chi connectivity index (χ3n) is 3.90. The molecular weight excluding hydrogens is 278 g/mol. The molecule has 2 aliphatic rings. The molecule has 1 amide bonds. The lowest BCUT2D eigenvalue weighted by molar-refractivity contribution is 0.148. The van der Waals surface area contributed by atoms with E-state index in [0.717, 1.165) is 24.8 Å². The van der Waals surface area contributed by atoms with Crippen LogP contribution in [0.25, 0.3) is 0 Å². The fourth-order valence-electron chi connectivity index (χ4n) is 2.56. The quantitative estimate of drug-likeness (QED) is 0.822. The van der Waals surface area contributed by atoms with Gasteiger partial charge in [0.1, 0.15) is 12.7 Å². The summed E-state index contributed by atoms with van der Waals surface area (Å²) in [7, 11) is 0. The van der Waals surface area contributed by atoms with Gasteiger partial charge in [-0.05, 0) is 30.4 Å². The Morgan fingerprint density at radius 2 is 2.18 bits per heavy atom. The van der Waals surface area contributed by atoms with E-state index in [1.807, 2.05) is 30.4 Å². The number of amides is 1. The van der Waals surface area contributed by atoms with Crippen LogP contribution in [-0.2, 0) is 15.9 Å². The number of rotatable bonds is 6. The summed E-state index contributed by atoms with van der Waals surface area (Å²) < 4.78 is 10.7. The largest absolute Gasteiger partial charge is 0.445 e. The predicted molar refractivity (Wildman–Crippen MR) is 84.6 cm³/mol. The van der Waals surface area contributed by atoms with Crippen molar-refractivity contribution < 1.29 is 14.3 Å². The zero-order valence-corrected chi connectivity index (χ0v) is 12.5. The van der Waals surface area contributed by atoms with Crippen LogP contribution in [0, 0.1) is 0 Å². The van der Waals surface area contributed by atoms with Crippen molar-refractivity contribution >= 4 is 6.09 Å². The Hall–Kier alpha value is -2.07. The molecule has 1 N–H and O–H groups in total. The number of hydrogen-bond acceptors (Lipinski definition) is 3. The molecule has 22 heavy (non-hydrogen) atoms. The van der Waals surface area contributed by atoms with E-state index in [2.05, 4.69) is 23.5 Å². The minimum atomic E-state index is -0.369. The molecule has 1 saturated heterocycles. The molecule has 0 aromatic heterocycles. The van der Waals surface area contributed by atoms with Crippen LogP contribution in [-0.4, -0.2) is 31.5 Å². The molecule has 0 spiro atoms. The van der Waals surface area contributed by atoms with Crippen molar-refractivity contribution in [3.05, 3.63) is 59.7 Å². The van der Waals surface area contributed by atoms with Crippen molar-refractivity contribution in [2.24, 2.45) is 0 Å². The lowest BCUT2D eigenvalue weighted by Gasteiger charge is -2.17. The monoisotopic (exact) mass is 299 g/mol. The van der Waals surface area contributed by atoms with Gasteiger partial charge in [-0.1, -0.05) is 48.6 Å². The van der Waals surface area contributed by atoms with E-state index in [0.29, 0.717) is 13.2 Å². The average Bonchev–Trinajstić information content (AvgIpc) is 3.39. The molecular formula is C18H21NO3. The topological polar surface area (TPSA) is 50.9 Å². The van der Waals surface area contributed by atoms with E-state index < -0.39 is 0 Å². The van der Waals surface area contributed by atoms with Gasteiger partial charge in [0.2, 0.25) is 0 Å². The van der Waals surface area contributed by atoms with Crippen LogP contribution in [0.2, 0.25) is 0 Å². The molecule has 2 unspecified atom stereocenters. The molecule has 116 valence electrons. The van der Waals surface area contributed by atoms with E-state index in [4.69, 9.17) is 9.47 Å². The van der Waals surface area contributed by atoms with Crippen LogP contribution in [0.3, 0.4) is 0 Å². The van der Waals surface area contributed by atoms with E-state index >= 15 is 0 Å². The molecule has 1 aromatic rings. The summed E-state index contributed by atoms with van der Waals surface area (Å²) in [5.41, 5.74) is 2.34. The number of ether oxygens (including phenoxy) is 2. The second-order valence-electron chi connectivity index (χ2n) is 5.68. The predicted octanol–water partition coefficient (Wildman–Crippen LogP) is 3.00. The average molecular weight is 299 g/mol. The number of epoxide rings is 1. The maximum atomic E-state index is 12.0. The number of alkyl carbamates (subject to hydrolysis) is 1. The number of allylic oxidation sites excluding steroid dienone is 3. The van der Waals surface area contributed by atoms with Crippen molar-refractivity contribution in [2.75, 3.05) is 13.2 Å². The Kier molecular flexibility index (Phi) is 4.91.